The summed E-state index contributed by atoms with van der Waals surface area (Å²) in [5.74, 6) is 0.699. The van der Waals surface area contributed by atoms with Crippen LogP contribution in [-0.2, 0) is 0 Å². The summed E-state index contributed by atoms with van der Waals surface area (Å²) in [6.45, 7) is 0. The molecule has 3 N–H and O–H groups in total. The van der Waals surface area contributed by atoms with Gasteiger partial charge in [-0.05, 0) is 49.9 Å². The first kappa shape index (κ1) is 17.0. The molecule has 4 rings (SSSR count). The minimum absolute atomic E-state index is 0.0565. The topological polar surface area (TPSA) is 91.2 Å². The Morgan fingerprint density at radius 1 is 1.12 bits per heavy atom. The second-order valence-corrected chi connectivity index (χ2v) is 7.08. The van der Waals surface area contributed by atoms with Crippen LogP contribution in [0.15, 0.2) is 36.7 Å². The first-order valence-corrected chi connectivity index (χ1v) is 9.03. The fourth-order valence-electron chi connectivity index (χ4n) is 3.50. The Labute approximate surface area is 155 Å². The number of fused-ring (bicyclic) bond motifs is 1. The van der Waals surface area contributed by atoms with Gasteiger partial charge in [0.15, 0.2) is 5.82 Å². The van der Waals surface area contributed by atoms with Gasteiger partial charge in [0.1, 0.15) is 11.4 Å². The number of anilines is 1. The van der Waals surface area contributed by atoms with Gasteiger partial charge < -0.3 is 15.5 Å². The lowest BCUT2D eigenvalue weighted by Crippen LogP contribution is -2.30. The summed E-state index contributed by atoms with van der Waals surface area (Å²) < 4.78 is 0. The number of rotatable bonds is 3. The maximum absolute atomic E-state index is 10.3. The SMILES string of the molecule is Oc1cc(Cl)ccc1-c1nnc(N[C@@H]2CCC[C@H](O)C2)c2cnccc12. The van der Waals surface area contributed by atoms with Crippen LogP contribution in [0.3, 0.4) is 0 Å². The van der Waals surface area contributed by atoms with Gasteiger partial charge in [-0.25, -0.2) is 0 Å². The third-order valence-corrected chi connectivity index (χ3v) is 5.02. The Morgan fingerprint density at radius 2 is 2.00 bits per heavy atom. The molecule has 1 aromatic carbocycles. The summed E-state index contributed by atoms with van der Waals surface area (Å²) in [6.07, 6.45) is 6.67. The molecule has 0 bridgehead atoms. The molecule has 2 atom stereocenters. The monoisotopic (exact) mass is 370 g/mol. The molecule has 1 saturated carbocycles. The number of hydrogen-bond donors (Lipinski definition) is 3. The summed E-state index contributed by atoms with van der Waals surface area (Å²) in [7, 11) is 0. The van der Waals surface area contributed by atoms with E-state index in [2.05, 4.69) is 20.5 Å². The number of nitrogens with one attached hydrogen (secondary N) is 1. The van der Waals surface area contributed by atoms with Crippen LogP contribution in [0.25, 0.3) is 22.0 Å². The van der Waals surface area contributed by atoms with Gasteiger partial charge in [-0.2, -0.15) is 0 Å². The molecule has 1 aliphatic rings. The normalized spacial score (nSPS) is 20.2. The van der Waals surface area contributed by atoms with Crippen LogP contribution < -0.4 is 5.32 Å². The molecule has 6 nitrogen and oxygen atoms in total. The van der Waals surface area contributed by atoms with Crippen molar-refractivity contribution in [2.75, 3.05) is 5.32 Å². The lowest BCUT2D eigenvalue weighted by molar-refractivity contribution is 0.124. The van der Waals surface area contributed by atoms with E-state index in [0.29, 0.717) is 28.5 Å². The predicted molar refractivity (Wildman–Crippen MR) is 101 cm³/mol. The highest BCUT2D eigenvalue weighted by Crippen LogP contribution is 2.36. The van der Waals surface area contributed by atoms with E-state index in [1.165, 1.54) is 6.07 Å². The first-order chi connectivity index (χ1) is 12.6. The summed E-state index contributed by atoms with van der Waals surface area (Å²) in [4.78, 5) is 4.21. The molecule has 134 valence electrons. The lowest BCUT2D eigenvalue weighted by atomic mass is 9.93. The van der Waals surface area contributed by atoms with Gasteiger partial charge >= 0.3 is 0 Å². The number of benzene rings is 1. The molecule has 0 saturated heterocycles. The van der Waals surface area contributed by atoms with E-state index in [-0.39, 0.29) is 17.9 Å². The number of phenols is 1. The molecule has 1 aliphatic carbocycles. The number of aromatic hydroxyl groups is 1. The van der Waals surface area contributed by atoms with Crippen molar-refractivity contribution in [3.8, 4) is 17.0 Å². The molecular formula is C19H19ClN4O2. The second kappa shape index (κ2) is 7.05. The van der Waals surface area contributed by atoms with Crippen molar-refractivity contribution >= 4 is 28.2 Å². The molecule has 1 fully saturated rings. The number of aliphatic hydroxyl groups is 1. The zero-order chi connectivity index (χ0) is 18.1. The van der Waals surface area contributed by atoms with E-state index in [9.17, 15) is 10.2 Å². The molecule has 2 aromatic heterocycles. The van der Waals surface area contributed by atoms with Crippen LogP contribution >= 0.6 is 11.6 Å². The van der Waals surface area contributed by atoms with E-state index in [4.69, 9.17) is 11.6 Å². The number of aliphatic hydroxyl groups excluding tert-OH is 1. The fraction of sp³-hybridized carbons (Fsp3) is 0.316. The molecule has 2 heterocycles. The van der Waals surface area contributed by atoms with Gasteiger partial charge in [0.25, 0.3) is 0 Å². The Bertz CT molecular complexity index is 950. The molecular weight excluding hydrogens is 352 g/mol. The van der Waals surface area contributed by atoms with E-state index in [1.54, 1.807) is 24.5 Å². The highest BCUT2D eigenvalue weighted by molar-refractivity contribution is 6.30. The molecule has 0 amide bonds. The Morgan fingerprint density at radius 3 is 2.81 bits per heavy atom. The van der Waals surface area contributed by atoms with Crippen molar-refractivity contribution in [2.24, 2.45) is 0 Å². The van der Waals surface area contributed by atoms with Crippen molar-refractivity contribution in [2.45, 2.75) is 37.8 Å². The van der Waals surface area contributed by atoms with Crippen LogP contribution in [0.1, 0.15) is 25.7 Å². The number of nitrogens with zero attached hydrogens (tertiary/aromatic N) is 3. The summed E-state index contributed by atoms with van der Waals surface area (Å²) in [6, 6.07) is 6.94. The minimum Gasteiger partial charge on any atom is -0.507 e. The molecule has 0 spiro atoms. The van der Waals surface area contributed by atoms with Crippen molar-refractivity contribution in [3.63, 3.8) is 0 Å². The lowest BCUT2D eigenvalue weighted by Gasteiger charge is -2.27. The molecule has 3 aromatic rings. The van der Waals surface area contributed by atoms with E-state index in [1.807, 2.05) is 6.07 Å². The Kier molecular flexibility index (Phi) is 4.61. The highest BCUT2D eigenvalue weighted by Gasteiger charge is 2.22. The van der Waals surface area contributed by atoms with Gasteiger partial charge in [-0.1, -0.05) is 11.6 Å². The number of phenolic OH excluding ortho intramolecular Hbond substituents is 1. The average Bonchev–Trinajstić information content (AvgIpc) is 2.63. The molecule has 7 heteroatoms. The van der Waals surface area contributed by atoms with E-state index < -0.39 is 0 Å². The van der Waals surface area contributed by atoms with E-state index in [0.717, 1.165) is 30.0 Å². The summed E-state index contributed by atoms with van der Waals surface area (Å²) in [5, 5.41) is 34.3. The maximum Gasteiger partial charge on any atom is 0.158 e. The van der Waals surface area contributed by atoms with Gasteiger partial charge in [-0.3, -0.25) is 4.98 Å². The standard InChI is InChI=1S/C19H19ClN4O2/c20-11-4-5-15(17(26)8-11)18-14-6-7-21-10-16(14)19(24-23-18)22-12-2-1-3-13(25)9-12/h4-8,10,12-13,25-26H,1-3,9H2,(H,22,24)/t12-,13+/m1/s1. The van der Waals surface area contributed by atoms with Crippen LogP contribution in [0, 0.1) is 0 Å². The second-order valence-electron chi connectivity index (χ2n) is 6.64. The minimum atomic E-state index is -0.274. The smallest absolute Gasteiger partial charge is 0.158 e. The largest absolute Gasteiger partial charge is 0.507 e. The van der Waals surface area contributed by atoms with Crippen molar-refractivity contribution in [3.05, 3.63) is 41.7 Å². The molecule has 26 heavy (non-hydrogen) atoms. The summed E-state index contributed by atoms with van der Waals surface area (Å²) >= 11 is 5.93. The Hall–Kier alpha value is -2.44. The third kappa shape index (κ3) is 3.30. The number of halogens is 1. The Balaban J connectivity index is 1.76. The van der Waals surface area contributed by atoms with Crippen molar-refractivity contribution < 1.29 is 10.2 Å². The zero-order valence-electron chi connectivity index (χ0n) is 14.1. The summed E-state index contributed by atoms with van der Waals surface area (Å²) in [5.41, 5.74) is 1.14. The maximum atomic E-state index is 10.3. The predicted octanol–water partition coefficient (Wildman–Crippen LogP) is 3.77. The van der Waals surface area contributed by atoms with Crippen LogP contribution in [0.2, 0.25) is 5.02 Å². The van der Waals surface area contributed by atoms with Crippen LogP contribution in [0.5, 0.6) is 5.75 Å². The highest BCUT2D eigenvalue weighted by atomic mass is 35.5. The molecule has 0 unspecified atom stereocenters. The first-order valence-electron chi connectivity index (χ1n) is 8.65. The zero-order valence-corrected chi connectivity index (χ0v) is 14.8. The van der Waals surface area contributed by atoms with Crippen molar-refractivity contribution in [1.29, 1.82) is 0 Å². The number of aromatic nitrogens is 3. The van der Waals surface area contributed by atoms with E-state index >= 15 is 0 Å². The third-order valence-electron chi connectivity index (χ3n) is 4.78. The van der Waals surface area contributed by atoms with Gasteiger partial charge in [0.05, 0.1) is 6.10 Å². The number of hydrogen-bond acceptors (Lipinski definition) is 6. The van der Waals surface area contributed by atoms with Gasteiger partial charge in [0, 0.05) is 39.8 Å². The number of pyridine rings is 1. The molecule has 0 aliphatic heterocycles. The van der Waals surface area contributed by atoms with Gasteiger partial charge in [0.2, 0.25) is 0 Å². The van der Waals surface area contributed by atoms with Crippen molar-refractivity contribution in [1.82, 2.24) is 15.2 Å². The quantitative estimate of drug-likeness (QED) is 0.650. The van der Waals surface area contributed by atoms with Crippen LogP contribution in [-0.4, -0.2) is 37.5 Å². The fourth-order valence-corrected chi connectivity index (χ4v) is 3.66. The van der Waals surface area contributed by atoms with Crippen LogP contribution in [0.4, 0.5) is 5.82 Å². The van der Waals surface area contributed by atoms with Gasteiger partial charge in [-0.15, -0.1) is 10.2 Å². The average molecular weight is 371 g/mol. The molecule has 0 radical (unpaired) electrons.